The number of ether oxygens (including phenoxy) is 2. The molecule has 1 fully saturated rings. The lowest BCUT2D eigenvalue weighted by molar-refractivity contribution is -0.277. The number of halogens is 1. The van der Waals surface area contributed by atoms with Gasteiger partial charge in [0.15, 0.2) is 5.78 Å². The van der Waals surface area contributed by atoms with Crippen LogP contribution in [-0.2, 0) is 4.74 Å². The van der Waals surface area contributed by atoms with Crippen molar-refractivity contribution in [3.63, 3.8) is 0 Å². The summed E-state index contributed by atoms with van der Waals surface area (Å²) in [6, 6.07) is 21.2. The number of para-hydroxylation sites is 1. The predicted octanol–water partition coefficient (Wildman–Crippen LogP) is 2.69. The van der Waals surface area contributed by atoms with Crippen molar-refractivity contribution in [3.8, 4) is 11.4 Å². The van der Waals surface area contributed by atoms with E-state index >= 15 is 0 Å². The highest BCUT2D eigenvalue weighted by Crippen LogP contribution is 2.36. The third kappa shape index (κ3) is 4.39. The number of aliphatic hydroxyl groups is 4. The van der Waals surface area contributed by atoms with E-state index in [1.165, 1.54) is 0 Å². The van der Waals surface area contributed by atoms with E-state index in [1.807, 2.05) is 12.1 Å². The summed E-state index contributed by atoms with van der Waals surface area (Å²) in [6.45, 7) is -0.572. The summed E-state index contributed by atoms with van der Waals surface area (Å²) >= 11 is 6.30. The van der Waals surface area contributed by atoms with Crippen LogP contribution in [0.25, 0.3) is 16.6 Å². The lowest BCUT2D eigenvalue weighted by Gasteiger charge is -2.39. The first-order chi connectivity index (χ1) is 17.4. The Hall–Kier alpha value is -3.24. The molecule has 36 heavy (non-hydrogen) atoms. The van der Waals surface area contributed by atoms with Crippen LogP contribution < -0.4 is 4.74 Å². The van der Waals surface area contributed by atoms with E-state index in [2.05, 4.69) is 0 Å². The van der Waals surface area contributed by atoms with Crippen LogP contribution in [0.5, 0.6) is 5.75 Å². The fourth-order valence-electron chi connectivity index (χ4n) is 4.37. The van der Waals surface area contributed by atoms with Gasteiger partial charge < -0.3 is 34.5 Å². The average Bonchev–Trinajstić information content (AvgIpc) is 3.26. The smallest absolute Gasteiger partial charge is 0.229 e. The molecule has 0 unspecified atom stereocenters. The summed E-state index contributed by atoms with van der Waals surface area (Å²) in [5, 5.41) is 41.2. The van der Waals surface area contributed by atoms with Crippen LogP contribution in [0.4, 0.5) is 0 Å². The van der Waals surface area contributed by atoms with Crippen LogP contribution in [-0.4, -0.2) is 68.1 Å². The number of aliphatic hydroxyl groups excluding tert-OH is 4. The van der Waals surface area contributed by atoms with Crippen molar-refractivity contribution < 1.29 is 34.7 Å². The first-order valence-electron chi connectivity index (χ1n) is 11.4. The van der Waals surface area contributed by atoms with Crippen molar-refractivity contribution in [2.75, 3.05) is 6.61 Å². The minimum Gasteiger partial charge on any atom is -0.460 e. The lowest BCUT2D eigenvalue weighted by atomic mass is 9.99. The molecule has 5 rings (SSSR count). The Labute approximate surface area is 211 Å². The Kier molecular flexibility index (Phi) is 6.81. The number of ketones is 1. The van der Waals surface area contributed by atoms with Gasteiger partial charge in [-0.2, -0.15) is 0 Å². The molecule has 2 heterocycles. The van der Waals surface area contributed by atoms with E-state index in [4.69, 9.17) is 21.1 Å². The van der Waals surface area contributed by atoms with Crippen LogP contribution in [0.3, 0.4) is 0 Å². The minimum absolute atomic E-state index is 0.161. The maximum Gasteiger partial charge on any atom is 0.229 e. The molecule has 4 aromatic rings. The molecule has 0 saturated carbocycles. The molecule has 1 aliphatic heterocycles. The van der Waals surface area contributed by atoms with Crippen LogP contribution in [0.15, 0.2) is 79.0 Å². The van der Waals surface area contributed by atoms with Crippen LogP contribution in [0, 0.1) is 0 Å². The largest absolute Gasteiger partial charge is 0.460 e. The average molecular weight is 510 g/mol. The van der Waals surface area contributed by atoms with Gasteiger partial charge in [-0.3, -0.25) is 4.79 Å². The fourth-order valence-corrected chi connectivity index (χ4v) is 4.54. The number of carbonyl (C=O) groups excluding carboxylic acids is 1. The van der Waals surface area contributed by atoms with Gasteiger partial charge in [-0.1, -0.05) is 54.1 Å². The van der Waals surface area contributed by atoms with Crippen LogP contribution >= 0.6 is 11.6 Å². The van der Waals surface area contributed by atoms with E-state index in [0.717, 1.165) is 0 Å². The molecule has 1 aromatic heterocycles. The van der Waals surface area contributed by atoms with Crippen molar-refractivity contribution in [2.24, 2.45) is 0 Å². The van der Waals surface area contributed by atoms with Crippen molar-refractivity contribution in [1.29, 1.82) is 0 Å². The molecule has 0 bridgehead atoms. The van der Waals surface area contributed by atoms with Crippen molar-refractivity contribution in [3.05, 3.63) is 95.1 Å². The Morgan fingerprint density at radius 3 is 2.42 bits per heavy atom. The van der Waals surface area contributed by atoms with E-state index in [0.29, 0.717) is 32.7 Å². The Balaban J connectivity index is 1.59. The summed E-state index contributed by atoms with van der Waals surface area (Å²) < 4.78 is 13.2. The van der Waals surface area contributed by atoms with E-state index < -0.39 is 37.3 Å². The van der Waals surface area contributed by atoms with E-state index in [1.54, 1.807) is 71.4 Å². The monoisotopic (exact) mass is 509 g/mol. The molecule has 0 spiro atoms. The predicted molar refractivity (Wildman–Crippen MR) is 133 cm³/mol. The fraction of sp³-hybridized carbons (Fsp3) is 0.222. The molecular formula is C27H24ClNO7. The second-order valence-electron chi connectivity index (χ2n) is 8.55. The Bertz CT molecular complexity index is 1390. The molecule has 0 amide bonds. The topological polar surface area (TPSA) is 121 Å². The summed E-state index contributed by atoms with van der Waals surface area (Å²) in [6.07, 6.45) is -5.48. The van der Waals surface area contributed by atoms with Gasteiger partial charge in [0.2, 0.25) is 6.29 Å². The minimum atomic E-state index is -1.58. The van der Waals surface area contributed by atoms with Crippen molar-refractivity contribution in [2.45, 2.75) is 30.7 Å². The van der Waals surface area contributed by atoms with Crippen molar-refractivity contribution >= 4 is 28.3 Å². The van der Waals surface area contributed by atoms with Gasteiger partial charge in [-0.05, 0) is 30.3 Å². The van der Waals surface area contributed by atoms with Crippen LogP contribution in [0.2, 0.25) is 5.02 Å². The molecule has 5 atom stereocenters. The number of hydrogen-bond donors (Lipinski definition) is 4. The molecule has 3 aromatic carbocycles. The second kappa shape index (κ2) is 10.0. The summed E-state index contributed by atoms with van der Waals surface area (Å²) in [5.41, 5.74) is 2.22. The van der Waals surface area contributed by atoms with E-state index in [9.17, 15) is 25.2 Å². The van der Waals surface area contributed by atoms with Crippen molar-refractivity contribution in [1.82, 2.24) is 4.57 Å². The number of nitrogens with zero attached hydrogens (tertiary/aromatic N) is 1. The van der Waals surface area contributed by atoms with Gasteiger partial charge in [0.25, 0.3) is 0 Å². The SMILES string of the molecule is O=C(c1ccccc1)c1ccccc1-n1cc(O[C@@H]2O[C@H](CO)[C@H](O)[C@H](O)[C@H]2O)c2ccc(Cl)cc21. The normalized spacial score (nSPS) is 24.1. The number of aromatic nitrogens is 1. The molecule has 0 aliphatic carbocycles. The number of fused-ring (bicyclic) bond motifs is 1. The van der Waals surface area contributed by atoms with E-state index in [-0.39, 0.29) is 11.5 Å². The quantitative estimate of drug-likeness (QED) is 0.295. The molecule has 9 heteroatoms. The maximum absolute atomic E-state index is 13.3. The number of hydrogen-bond acceptors (Lipinski definition) is 7. The Morgan fingerprint density at radius 1 is 0.944 bits per heavy atom. The summed E-state index contributed by atoms with van der Waals surface area (Å²) in [4.78, 5) is 13.3. The molecule has 1 saturated heterocycles. The zero-order valence-corrected chi connectivity index (χ0v) is 19.7. The highest BCUT2D eigenvalue weighted by molar-refractivity contribution is 6.31. The van der Waals surface area contributed by atoms with Gasteiger partial charge in [-0.25, -0.2) is 0 Å². The third-order valence-corrected chi connectivity index (χ3v) is 6.50. The highest BCUT2D eigenvalue weighted by Gasteiger charge is 2.45. The molecular weight excluding hydrogens is 486 g/mol. The van der Waals surface area contributed by atoms with Crippen LogP contribution in [0.1, 0.15) is 15.9 Å². The molecule has 8 nitrogen and oxygen atoms in total. The summed E-state index contributed by atoms with van der Waals surface area (Å²) in [7, 11) is 0. The van der Waals surface area contributed by atoms with Gasteiger partial charge >= 0.3 is 0 Å². The highest BCUT2D eigenvalue weighted by atomic mass is 35.5. The number of rotatable bonds is 6. The van der Waals surface area contributed by atoms with Gasteiger partial charge in [-0.15, -0.1) is 0 Å². The van der Waals surface area contributed by atoms with Gasteiger partial charge in [0, 0.05) is 21.5 Å². The first kappa shape index (κ1) is 24.5. The maximum atomic E-state index is 13.3. The van der Waals surface area contributed by atoms with Gasteiger partial charge in [0.05, 0.1) is 24.0 Å². The molecule has 186 valence electrons. The molecule has 0 radical (unpaired) electrons. The zero-order chi connectivity index (χ0) is 25.4. The molecule has 4 N–H and O–H groups in total. The first-order valence-corrected chi connectivity index (χ1v) is 11.7. The number of benzene rings is 3. The third-order valence-electron chi connectivity index (χ3n) is 6.27. The number of carbonyl (C=O) groups is 1. The Morgan fingerprint density at radius 2 is 1.67 bits per heavy atom. The lowest BCUT2D eigenvalue weighted by Crippen LogP contribution is -2.60. The summed E-state index contributed by atoms with van der Waals surface area (Å²) in [5.74, 6) is 0.124. The standard InChI is InChI=1S/C27H24ClNO7/c28-16-10-11-17-20(12-16)29(13-21(17)35-27-26(34)25(33)24(32)22(14-30)36-27)19-9-5-4-8-18(19)23(31)15-6-2-1-3-7-15/h1-13,22,24-27,30,32-34H,14H2/t22-,24+,25+,26-,27-/m1/s1. The van der Waals surface area contributed by atoms with Gasteiger partial charge in [0.1, 0.15) is 30.2 Å². The zero-order valence-electron chi connectivity index (χ0n) is 18.9. The second-order valence-corrected chi connectivity index (χ2v) is 8.99. The molecule has 1 aliphatic rings.